The van der Waals surface area contributed by atoms with Crippen LogP contribution in [0.4, 0.5) is 4.39 Å². The van der Waals surface area contributed by atoms with Crippen LogP contribution in [0, 0.1) is 17.7 Å². The highest BCUT2D eigenvalue weighted by Gasteiger charge is 2.27. The highest BCUT2D eigenvalue weighted by molar-refractivity contribution is 5.79. The van der Waals surface area contributed by atoms with Crippen molar-refractivity contribution < 1.29 is 13.9 Å². The predicted octanol–water partition coefficient (Wildman–Crippen LogP) is 4.13. The van der Waals surface area contributed by atoms with E-state index in [2.05, 4.69) is 9.55 Å². The Bertz CT molecular complexity index is 970. The van der Waals surface area contributed by atoms with E-state index in [1.165, 1.54) is 12.1 Å². The van der Waals surface area contributed by atoms with Gasteiger partial charge in [0.1, 0.15) is 11.6 Å². The van der Waals surface area contributed by atoms with Gasteiger partial charge in [-0.05, 0) is 49.2 Å². The Morgan fingerprint density at radius 1 is 1.24 bits per heavy atom. The van der Waals surface area contributed by atoms with Crippen LogP contribution in [0.1, 0.15) is 19.8 Å². The van der Waals surface area contributed by atoms with E-state index in [0.717, 1.165) is 30.4 Å². The normalized spacial score (nSPS) is 18.0. The second kappa shape index (κ2) is 8.64. The number of likely N-dealkylation sites (tertiary alicyclic amines) is 1. The fourth-order valence-electron chi connectivity index (χ4n) is 3.99. The predicted molar refractivity (Wildman–Crippen MR) is 110 cm³/mol. The van der Waals surface area contributed by atoms with Gasteiger partial charge in [0.15, 0.2) is 0 Å². The van der Waals surface area contributed by atoms with Crippen molar-refractivity contribution in [2.24, 2.45) is 11.8 Å². The third-order valence-corrected chi connectivity index (χ3v) is 5.55. The molecule has 1 amide bonds. The van der Waals surface area contributed by atoms with Gasteiger partial charge in [0.25, 0.3) is 0 Å². The standard InChI is InChI=1S/C23H26FN3O2/c1-17(13-27-16-25-21-6-2-3-7-22(21)27)23(28)26-12-4-5-18(14-26)15-29-20-10-8-19(24)9-11-20/h2-3,6-11,16-18H,4-5,12-15H2,1H3/t17-,18+/m0/s1. The average molecular weight is 395 g/mol. The fourth-order valence-corrected chi connectivity index (χ4v) is 3.99. The smallest absolute Gasteiger partial charge is 0.227 e. The van der Waals surface area contributed by atoms with Gasteiger partial charge in [0.05, 0.1) is 29.9 Å². The van der Waals surface area contributed by atoms with E-state index < -0.39 is 0 Å². The van der Waals surface area contributed by atoms with Crippen molar-refractivity contribution in [2.75, 3.05) is 19.7 Å². The van der Waals surface area contributed by atoms with Gasteiger partial charge < -0.3 is 14.2 Å². The summed E-state index contributed by atoms with van der Waals surface area (Å²) in [7, 11) is 0. The molecule has 0 spiro atoms. The lowest BCUT2D eigenvalue weighted by atomic mass is 9.97. The van der Waals surface area contributed by atoms with E-state index in [1.54, 1.807) is 12.1 Å². The summed E-state index contributed by atoms with van der Waals surface area (Å²) in [6.45, 7) is 4.63. The maximum Gasteiger partial charge on any atom is 0.227 e. The van der Waals surface area contributed by atoms with Crippen molar-refractivity contribution >= 4 is 16.9 Å². The molecule has 152 valence electrons. The lowest BCUT2D eigenvalue weighted by molar-refractivity contribution is -0.137. The molecule has 1 aromatic heterocycles. The third-order valence-electron chi connectivity index (χ3n) is 5.55. The largest absolute Gasteiger partial charge is 0.493 e. The quantitative estimate of drug-likeness (QED) is 0.631. The highest BCUT2D eigenvalue weighted by atomic mass is 19.1. The first kappa shape index (κ1) is 19.4. The van der Waals surface area contributed by atoms with Gasteiger partial charge in [0, 0.05) is 25.6 Å². The molecule has 1 aliphatic heterocycles. The highest BCUT2D eigenvalue weighted by Crippen LogP contribution is 2.22. The molecular weight excluding hydrogens is 369 g/mol. The Balaban J connectivity index is 1.33. The van der Waals surface area contributed by atoms with Gasteiger partial charge in [-0.25, -0.2) is 9.37 Å². The lowest BCUT2D eigenvalue weighted by Crippen LogP contribution is -2.44. The molecule has 29 heavy (non-hydrogen) atoms. The fraction of sp³-hybridized carbons (Fsp3) is 0.391. The Labute approximate surface area is 170 Å². The Hall–Kier alpha value is -2.89. The average Bonchev–Trinajstić information content (AvgIpc) is 3.16. The summed E-state index contributed by atoms with van der Waals surface area (Å²) in [5.41, 5.74) is 2.00. The molecule has 0 N–H and O–H groups in total. The zero-order valence-corrected chi connectivity index (χ0v) is 16.6. The van der Waals surface area contributed by atoms with E-state index in [-0.39, 0.29) is 17.6 Å². The minimum atomic E-state index is -0.272. The van der Waals surface area contributed by atoms with Crippen LogP contribution in [0.5, 0.6) is 5.75 Å². The number of para-hydroxylation sites is 2. The Morgan fingerprint density at radius 2 is 2.03 bits per heavy atom. The molecule has 2 heterocycles. The molecule has 0 aliphatic carbocycles. The number of hydrogen-bond donors (Lipinski definition) is 0. The molecular formula is C23H26FN3O2. The molecule has 1 fully saturated rings. The van der Waals surface area contributed by atoms with Gasteiger partial charge in [-0.3, -0.25) is 4.79 Å². The number of carbonyl (C=O) groups excluding carboxylic acids is 1. The van der Waals surface area contributed by atoms with Gasteiger partial charge in [-0.1, -0.05) is 19.1 Å². The maximum absolute atomic E-state index is 13.0. The van der Waals surface area contributed by atoms with Crippen LogP contribution in [0.2, 0.25) is 0 Å². The second-order valence-electron chi connectivity index (χ2n) is 7.84. The number of nitrogens with zero attached hydrogens (tertiary/aromatic N) is 3. The molecule has 3 aromatic rings. The maximum atomic E-state index is 13.0. The molecule has 1 saturated heterocycles. The van der Waals surface area contributed by atoms with E-state index in [1.807, 2.05) is 42.4 Å². The van der Waals surface area contributed by atoms with Crippen molar-refractivity contribution in [3.8, 4) is 5.75 Å². The third kappa shape index (κ3) is 4.58. The number of imidazole rings is 1. The number of ether oxygens (including phenoxy) is 1. The SMILES string of the molecule is C[C@@H](Cn1cnc2ccccc21)C(=O)N1CCC[C@@H](COc2ccc(F)cc2)C1. The van der Waals surface area contributed by atoms with Crippen molar-refractivity contribution in [1.29, 1.82) is 0 Å². The van der Waals surface area contributed by atoms with Crippen LogP contribution >= 0.6 is 0 Å². The number of halogens is 1. The minimum absolute atomic E-state index is 0.121. The Kier molecular flexibility index (Phi) is 5.79. The molecule has 0 unspecified atom stereocenters. The number of hydrogen-bond acceptors (Lipinski definition) is 3. The van der Waals surface area contributed by atoms with Crippen LogP contribution in [-0.4, -0.2) is 40.1 Å². The summed E-state index contributed by atoms with van der Waals surface area (Å²) in [6, 6.07) is 14.0. The first-order valence-electron chi connectivity index (χ1n) is 10.2. The molecule has 5 nitrogen and oxygen atoms in total. The van der Waals surface area contributed by atoms with Crippen LogP contribution in [-0.2, 0) is 11.3 Å². The molecule has 0 radical (unpaired) electrons. The van der Waals surface area contributed by atoms with E-state index in [0.29, 0.717) is 31.4 Å². The number of carbonyl (C=O) groups is 1. The number of aromatic nitrogens is 2. The molecule has 6 heteroatoms. The molecule has 1 aliphatic rings. The zero-order valence-electron chi connectivity index (χ0n) is 16.6. The first-order valence-corrected chi connectivity index (χ1v) is 10.2. The first-order chi connectivity index (χ1) is 14.1. The van der Waals surface area contributed by atoms with Gasteiger partial charge >= 0.3 is 0 Å². The lowest BCUT2D eigenvalue weighted by Gasteiger charge is -2.34. The van der Waals surface area contributed by atoms with Crippen molar-refractivity contribution in [2.45, 2.75) is 26.3 Å². The van der Waals surface area contributed by atoms with E-state index >= 15 is 0 Å². The van der Waals surface area contributed by atoms with Crippen molar-refractivity contribution in [3.05, 3.63) is 60.7 Å². The molecule has 2 atom stereocenters. The monoisotopic (exact) mass is 395 g/mol. The summed E-state index contributed by atoms with van der Waals surface area (Å²) in [5, 5.41) is 0. The van der Waals surface area contributed by atoms with Crippen molar-refractivity contribution in [3.63, 3.8) is 0 Å². The summed E-state index contributed by atoms with van der Waals surface area (Å²) in [4.78, 5) is 19.4. The van der Waals surface area contributed by atoms with Gasteiger partial charge in [-0.2, -0.15) is 0 Å². The van der Waals surface area contributed by atoms with E-state index in [9.17, 15) is 9.18 Å². The summed E-state index contributed by atoms with van der Waals surface area (Å²) in [6.07, 6.45) is 3.82. The summed E-state index contributed by atoms with van der Waals surface area (Å²) in [5.74, 6) is 0.735. The molecule has 4 rings (SSSR count). The number of piperidine rings is 1. The Morgan fingerprint density at radius 3 is 2.86 bits per heavy atom. The molecule has 0 saturated carbocycles. The van der Waals surface area contributed by atoms with Gasteiger partial charge in [0.2, 0.25) is 5.91 Å². The number of amides is 1. The van der Waals surface area contributed by atoms with E-state index in [4.69, 9.17) is 4.74 Å². The van der Waals surface area contributed by atoms with Crippen LogP contribution < -0.4 is 4.74 Å². The summed E-state index contributed by atoms with van der Waals surface area (Å²) >= 11 is 0. The molecule has 2 aromatic carbocycles. The molecule has 0 bridgehead atoms. The van der Waals surface area contributed by atoms with Crippen LogP contribution in [0.25, 0.3) is 11.0 Å². The van der Waals surface area contributed by atoms with Crippen LogP contribution in [0.3, 0.4) is 0 Å². The minimum Gasteiger partial charge on any atom is -0.493 e. The van der Waals surface area contributed by atoms with Gasteiger partial charge in [-0.15, -0.1) is 0 Å². The topological polar surface area (TPSA) is 47.4 Å². The zero-order chi connectivity index (χ0) is 20.2. The van der Waals surface area contributed by atoms with Crippen molar-refractivity contribution in [1.82, 2.24) is 14.5 Å². The second-order valence-corrected chi connectivity index (χ2v) is 7.84. The number of benzene rings is 2. The number of fused-ring (bicyclic) bond motifs is 1. The summed E-state index contributed by atoms with van der Waals surface area (Å²) < 4.78 is 20.9. The van der Waals surface area contributed by atoms with Crippen LogP contribution in [0.15, 0.2) is 54.9 Å². The number of rotatable bonds is 6.